The van der Waals surface area contributed by atoms with Crippen molar-refractivity contribution in [1.82, 2.24) is 34.3 Å². The van der Waals surface area contributed by atoms with Crippen molar-refractivity contribution >= 4 is 40.5 Å². The van der Waals surface area contributed by atoms with Crippen LogP contribution in [-0.2, 0) is 7.05 Å². The number of nitrogens with one attached hydrogen (secondary N) is 3. The SMILES string of the molecule is CNc1cc(Nc2cc(Cl)cn(-c3cc(C)n(C)n3)c2=O)nc2c(C(=O)NC3CC3)cnn12. The van der Waals surface area contributed by atoms with Crippen LogP contribution in [0.3, 0.4) is 0 Å². The molecule has 11 nitrogen and oxygen atoms in total. The molecule has 1 amide bonds. The summed E-state index contributed by atoms with van der Waals surface area (Å²) in [6, 6.07) is 5.22. The summed E-state index contributed by atoms with van der Waals surface area (Å²) < 4.78 is 4.60. The van der Waals surface area contributed by atoms with Crippen molar-refractivity contribution in [2.75, 3.05) is 17.7 Å². The molecule has 12 heteroatoms. The molecule has 0 spiro atoms. The normalized spacial score (nSPS) is 13.3. The van der Waals surface area contributed by atoms with E-state index in [0.29, 0.717) is 33.7 Å². The number of aromatic nitrogens is 6. The van der Waals surface area contributed by atoms with Crippen LogP contribution >= 0.6 is 11.6 Å². The van der Waals surface area contributed by atoms with Crippen LogP contribution in [-0.4, -0.2) is 47.9 Å². The third-order valence-corrected chi connectivity index (χ3v) is 5.69. The summed E-state index contributed by atoms with van der Waals surface area (Å²) in [6.07, 6.45) is 4.96. The van der Waals surface area contributed by atoms with Crippen LogP contribution in [0.15, 0.2) is 35.4 Å². The van der Waals surface area contributed by atoms with Crippen LogP contribution < -0.4 is 21.5 Å². The fourth-order valence-electron chi connectivity index (χ4n) is 3.46. The Morgan fingerprint density at radius 1 is 1.24 bits per heavy atom. The third-order valence-electron chi connectivity index (χ3n) is 5.48. The molecule has 1 aliphatic carbocycles. The Morgan fingerprint density at radius 3 is 2.70 bits per heavy atom. The highest BCUT2D eigenvalue weighted by Gasteiger charge is 2.26. The average Bonchev–Trinajstić information content (AvgIpc) is 3.38. The smallest absolute Gasteiger partial charge is 0.280 e. The second-order valence-electron chi connectivity index (χ2n) is 7.96. The number of rotatable bonds is 6. The van der Waals surface area contributed by atoms with Gasteiger partial charge in [-0.1, -0.05) is 11.6 Å². The first-order valence-corrected chi connectivity index (χ1v) is 10.8. The summed E-state index contributed by atoms with van der Waals surface area (Å²) in [5, 5.41) is 18.0. The molecule has 4 aromatic rings. The van der Waals surface area contributed by atoms with Crippen molar-refractivity contribution in [3.8, 4) is 5.82 Å². The van der Waals surface area contributed by atoms with Gasteiger partial charge in [-0.25, -0.2) is 4.98 Å². The van der Waals surface area contributed by atoms with E-state index in [4.69, 9.17) is 11.6 Å². The van der Waals surface area contributed by atoms with Crippen molar-refractivity contribution < 1.29 is 4.79 Å². The number of fused-ring (bicyclic) bond motifs is 1. The van der Waals surface area contributed by atoms with Gasteiger partial charge in [0.05, 0.1) is 11.2 Å². The number of carbonyl (C=O) groups excluding carboxylic acids is 1. The molecule has 33 heavy (non-hydrogen) atoms. The van der Waals surface area contributed by atoms with Gasteiger partial charge in [0.15, 0.2) is 11.5 Å². The van der Waals surface area contributed by atoms with Gasteiger partial charge in [0, 0.05) is 44.2 Å². The van der Waals surface area contributed by atoms with Gasteiger partial charge < -0.3 is 16.0 Å². The minimum atomic E-state index is -0.342. The molecular weight excluding hydrogens is 446 g/mol. The van der Waals surface area contributed by atoms with Crippen LogP contribution in [0.5, 0.6) is 0 Å². The Balaban J connectivity index is 1.56. The first kappa shape index (κ1) is 21.0. The van der Waals surface area contributed by atoms with E-state index in [0.717, 1.165) is 18.5 Å². The lowest BCUT2D eigenvalue weighted by Gasteiger charge is -2.11. The number of hydrogen-bond acceptors (Lipinski definition) is 7. The molecule has 0 radical (unpaired) electrons. The molecule has 0 saturated heterocycles. The van der Waals surface area contributed by atoms with Crippen LogP contribution in [0, 0.1) is 6.92 Å². The number of aryl methyl sites for hydroxylation is 2. The zero-order valence-electron chi connectivity index (χ0n) is 18.3. The maximum absolute atomic E-state index is 13.2. The lowest BCUT2D eigenvalue weighted by Crippen LogP contribution is -2.25. The molecule has 170 valence electrons. The second kappa shape index (κ2) is 7.93. The van der Waals surface area contributed by atoms with Crippen LogP contribution in [0.2, 0.25) is 5.02 Å². The number of pyridine rings is 1. The Bertz CT molecular complexity index is 1430. The molecule has 0 atom stereocenters. The third kappa shape index (κ3) is 3.91. The van der Waals surface area contributed by atoms with E-state index in [9.17, 15) is 9.59 Å². The number of hydrogen-bond donors (Lipinski definition) is 3. The highest BCUT2D eigenvalue weighted by Crippen LogP contribution is 2.24. The van der Waals surface area contributed by atoms with E-state index in [1.54, 1.807) is 35.4 Å². The second-order valence-corrected chi connectivity index (χ2v) is 8.39. The molecule has 1 saturated carbocycles. The quantitative estimate of drug-likeness (QED) is 0.397. The zero-order valence-corrected chi connectivity index (χ0v) is 19.0. The highest BCUT2D eigenvalue weighted by atomic mass is 35.5. The molecule has 4 aromatic heterocycles. The standard InChI is InChI=1S/C21H22ClN9O2/c1-11-6-18(28-29(11)3)30-10-12(22)7-15(21(30)33)26-16-8-17(23-2)31-19(27-16)14(9-24-31)20(32)25-13-4-5-13/h6-10,13,23H,4-5H2,1-3H3,(H,25,32)(H,26,27). The molecule has 0 bridgehead atoms. The van der Waals surface area contributed by atoms with E-state index in [1.807, 2.05) is 6.92 Å². The van der Waals surface area contributed by atoms with E-state index in [2.05, 4.69) is 31.1 Å². The molecule has 0 aromatic carbocycles. The molecule has 1 fully saturated rings. The lowest BCUT2D eigenvalue weighted by atomic mass is 10.3. The van der Waals surface area contributed by atoms with Gasteiger partial charge in [-0.05, 0) is 25.8 Å². The summed E-state index contributed by atoms with van der Waals surface area (Å²) in [4.78, 5) is 30.4. The fraction of sp³-hybridized carbons (Fsp3) is 0.286. The van der Waals surface area contributed by atoms with Gasteiger partial charge >= 0.3 is 0 Å². The summed E-state index contributed by atoms with van der Waals surface area (Å²) in [5.74, 6) is 1.18. The molecular formula is C21H22ClN9O2. The predicted octanol–water partition coefficient (Wildman–Crippen LogP) is 2.25. The van der Waals surface area contributed by atoms with E-state index in [-0.39, 0.29) is 23.2 Å². The summed E-state index contributed by atoms with van der Waals surface area (Å²) in [7, 11) is 3.54. The number of anilines is 3. The minimum Gasteiger partial charge on any atom is -0.373 e. The minimum absolute atomic E-state index is 0.206. The first-order valence-electron chi connectivity index (χ1n) is 10.4. The molecule has 3 N–H and O–H groups in total. The van der Waals surface area contributed by atoms with Crippen molar-refractivity contribution in [2.45, 2.75) is 25.8 Å². The Kier molecular flexibility index (Phi) is 5.05. The zero-order chi connectivity index (χ0) is 23.3. The maximum Gasteiger partial charge on any atom is 0.280 e. The van der Waals surface area contributed by atoms with Gasteiger partial charge in [0.25, 0.3) is 11.5 Å². The van der Waals surface area contributed by atoms with Gasteiger partial charge in [-0.2, -0.15) is 14.7 Å². The molecule has 1 aliphatic rings. The molecule has 5 rings (SSSR count). The monoisotopic (exact) mass is 467 g/mol. The van der Waals surface area contributed by atoms with Crippen molar-refractivity contribution in [1.29, 1.82) is 0 Å². The first-order chi connectivity index (χ1) is 15.8. The van der Waals surface area contributed by atoms with Crippen molar-refractivity contribution in [3.05, 3.63) is 57.2 Å². The van der Waals surface area contributed by atoms with Gasteiger partial charge in [-0.15, -0.1) is 0 Å². The number of halogens is 1. The number of nitrogens with zero attached hydrogens (tertiary/aromatic N) is 6. The molecule has 0 unspecified atom stereocenters. The van der Waals surface area contributed by atoms with Crippen LogP contribution in [0.1, 0.15) is 28.9 Å². The highest BCUT2D eigenvalue weighted by molar-refractivity contribution is 6.30. The Labute approximate surface area is 193 Å². The lowest BCUT2D eigenvalue weighted by molar-refractivity contribution is 0.0952. The number of carbonyl (C=O) groups is 1. The van der Waals surface area contributed by atoms with E-state index in [1.165, 1.54) is 23.0 Å². The molecule has 4 heterocycles. The maximum atomic E-state index is 13.2. The van der Waals surface area contributed by atoms with E-state index < -0.39 is 0 Å². The predicted molar refractivity (Wildman–Crippen MR) is 125 cm³/mol. The van der Waals surface area contributed by atoms with Gasteiger partial charge in [-0.3, -0.25) is 18.8 Å². The molecule has 0 aliphatic heterocycles. The van der Waals surface area contributed by atoms with Crippen molar-refractivity contribution in [2.24, 2.45) is 7.05 Å². The van der Waals surface area contributed by atoms with Crippen LogP contribution in [0.4, 0.5) is 17.3 Å². The topological polar surface area (TPSA) is 123 Å². The summed E-state index contributed by atoms with van der Waals surface area (Å²) >= 11 is 6.31. The Hall–Kier alpha value is -3.86. The van der Waals surface area contributed by atoms with Crippen molar-refractivity contribution in [3.63, 3.8) is 0 Å². The largest absolute Gasteiger partial charge is 0.373 e. The Morgan fingerprint density at radius 2 is 2.03 bits per heavy atom. The summed E-state index contributed by atoms with van der Waals surface area (Å²) in [5.41, 5.74) is 1.49. The fourth-order valence-corrected chi connectivity index (χ4v) is 3.67. The average molecular weight is 468 g/mol. The van der Waals surface area contributed by atoms with Gasteiger partial charge in [0.2, 0.25) is 0 Å². The summed E-state index contributed by atoms with van der Waals surface area (Å²) in [6.45, 7) is 1.90. The van der Waals surface area contributed by atoms with E-state index >= 15 is 0 Å². The number of amides is 1. The van der Waals surface area contributed by atoms with Gasteiger partial charge in [0.1, 0.15) is 22.9 Å². The van der Waals surface area contributed by atoms with Crippen LogP contribution in [0.25, 0.3) is 11.5 Å².